The minimum absolute atomic E-state index is 0.268. The van der Waals surface area contributed by atoms with Gasteiger partial charge in [0.15, 0.2) is 0 Å². The summed E-state index contributed by atoms with van der Waals surface area (Å²) in [5.74, 6) is -0.937. The average molecular weight is 503 g/mol. The fraction of sp³-hybridized carbons (Fsp3) is 0.0800. The van der Waals surface area contributed by atoms with Gasteiger partial charge in [-0.3, -0.25) is 4.98 Å². The smallest absolute Gasteiger partial charge is 0.215 e. The highest BCUT2D eigenvalue weighted by molar-refractivity contribution is 6.32. The molecule has 5 rings (SSSR count). The molecular weight excluding hydrogens is 486 g/mol. The van der Waals surface area contributed by atoms with Crippen molar-refractivity contribution in [1.82, 2.24) is 25.4 Å². The number of fused-ring (bicyclic) bond motifs is 1. The van der Waals surface area contributed by atoms with E-state index in [1.54, 1.807) is 43.5 Å². The van der Waals surface area contributed by atoms with Crippen molar-refractivity contribution < 1.29 is 8.78 Å². The highest BCUT2D eigenvalue weighted by Crippen LogP contribution is 2.37. The first-order chi connectivity index (χ1) is 17.4. The summed E-state index contributed by atoms with van der Waals surface area (Å²) in [7, 11) is 0. The first-order valence-electron chi connectivity index (χ1n) is 10.7. The van der Waals surface area contributed by atoms with E-state index < -0.39 is 12.0 Å². The van der Waals surface area contributed by atoms with Crippen molar-refractivity contribution in [3.05, 3.63) is 100 Å². The molecule has 0 saturated carbocycles. The molecule has 0 aliphatic heterocycles. The maximum Gasteiger partial charge on any atom is 0.215 e. The van der Waals surface area contributed by atoms with Crippen LogP contribution in [0.2, 0.25) is 5.02 Å². The van der Waals surface area contributed by atoms with Gasteiger partial charge in [-0.25, -0.2) is 9.37 Å². The third-order valence-corrected chi connectivity index (χ3v) is 5.79. The highest BCUT2D eigenvalue weighted by Gasteiger charge is 2.21. The van der Waals surface area contributed by atoms with Crippen LogP contribution in [0, 0.1) is 30.0 Å². The van der Waals surface area contributed by atoms with Gasteiger partial charge in [0.1, 0.15) is 17.6 Å². The zero-order chi connectivity index (χ0) is 25.2. The minimum atomic E-state index is -0.574. The monoisotopic (exact) mass is 502 g/mol. The van der Waals surface area contributed by atoms with Crippen LogP contribution in [0.1, 0.15) is 28.4 Å². The van der Waals surface area contributed by atoms with E-state index in [9.17, 15) is 14.0 Å². The molecule has 3 aromatic heterocycles. The largest absolute Gasteiger partial charge is 0.371 e. The summed E-state index contributed by atoms with van der Waals surface area (Å²) >= 11 is 6.49. The fourth-order valence-electron chi connectivity index (χ4n) is 3.86. The molecule has 0 amide bonds. The van der Waals surface area contributed by atoms with E-state index in [0.717, 1.165) is 5.56 Å². The molecule has 1 atom stereocenters. The first kappa shape index (κ1) is 23.1. The van der Waals surface area contributed by atoms with E-state index in [-0.39, 0.29) is 11.4 Å². The van der Waals surface area contributed by atoms with Crippen LogP contribution in [0.25, 0.3) is 10.9 Å². The van der Waals surface area contributed by atoms with Crippen LogP contribution < -0.4 is 10.6 Å². The Morgan fingerprint density at radius 1 is 1.06 bits per heavy atom. The van der Waals surface area contributed by atoms with Gasteiger partial charge in [-0.15, -0.1) is 0 Å². The average Bonchev–Trinajstić information content (AvgIpc) is 3.40. The molecule has 11 heteroatoms. The molecular formula is C25H17ClF2N8. The molecule has 2 aromatic carbocycles. The zero-order valence-corrected chi connectivity index (χ0v) is 19.5. The van der Waals surface area contributed by atoms with E-state index in [2.05, 4.69) is 42.1 Å². The molecule has 5 aromatic rings. The van der Waals surface area contributed by atoms with Crippen molar-refractivity contribution in [2.75, 3.05) is 10.6 Å². The number of hydrogen-bond acceptors (Lipinski definition) is 7. The standard InChI is InChI=1S/C25H17ClF2N8/c1-13-6-18(11-31-25(13)28)33-22-15(9-29)10-30-24-19(22)7-16(26)8-20(24)34-23(21-12-32-36-35-21)14-2-4-17(27)5-3-14/h2-8,10-12,23,34H,1H3,(H,30,33)(H,32,35,36)/t23-/m0/s1. The molecule has 0 saturated heterocycles. The quantitative estimate of drug-likeness (QED) is 0.251. The molecule has 3 heterocycles. The van der Waals surface area contributed by atoms with Crippen molar-refractivity contribution in [1.29, 1.82) is 5.26 Å². The molecule has 8 nitrogen and oxygen atoms in total. The Morgan fingerprint density at radius 2 is 1.86 bits per heavy atom. The van der Waals surface area contributed by atoms with Crippen molar-refractivity contribution in [3.63, 3.8) is 0 Å². The number of nitriles is 1. The van der Waals surface area contributed by atoms with E-state index in [1.165, 1.54) is 24.5 Å². The molecule has 0 spiro atoms. The van der Waals surface area contributed by atoms with Crippen LogP contribution in [0.4, 0.5) is 25.8 Å². The van der Waals surface area contributed by atoms with Gasteiger partial charge < -0.3 is 10.6 Å². The second-order valence-electron chi connectivity index (χ2n) is 7.99. The van der Waals surface area contributed by atoms with E-state index in [4.69, 9.17) is 11.6 Å². The molecule has 178 valence electrons. The van der Waals surface area contributed by atoms with Gasteiger partial charge in [-0.1, -0.05) is 23.7 Å². The summed E-state index contributed by atoms with van der Waals surface area (Å²) in [6.07, 6.45) is 4.34. The Balaban J connectivity index is 1.63. The van der Waals surface area contributed by atoms with Gasteiger partial charge in [0.25, 0.3) is 0 Å². The molecule has 0 radical (unpaired) electrons. The predicted molar refractivity (Wildman–Crippen MR) is 132 cm³/mol. The number of aromatic amines is 1. The van der Waals surface area contributed by atoms with Crippen molar-refractivity contribution in [2.45, 2.75) is 13.0 Å². The number of H-pyrrole nitrogens is 1. The topological polar surface area (TPSA) is 115 Å². The number of rotatable bonds is 6. The summed E-state index contributed by atoms with van der Waals surface area (Å²) in [5.41, 5.74) is 3.93. The molecule has 0 unspecified atom stereocenters. The van der Waals surface area contributed by atoms with Crippen LogP contribution >= 0.6 is 11.6 Å². The third-order valence-electron chi connectivity index (χ3n) is 5.57. The lowest BCUT2D eigenvalue weighted by Crippen LogP contribution is -2.14. The van der Waals surface area contributed by atoms with Gasteiger partial charge in [-0.05, 0) is 42.8 Å². The van der Waals surface area contributed by atoms with Gasteiger partial charge in [0, 0.05) is 22.2 Å². The maximum absolute atomic E-state index is 13.7. The van der Waals surface area contributed by atoms with Crippen LogP contribution in [0.15, 0.2) is 61.1 Å². The van der Waals surface area contributed by atoms with Crippen LogP contribution in [0.5, 0.6) is 0 Å². The van der Waals surface area contributed by atoms with E-state index >= 15 is 0 Å². The lowest BCUT2D eigenvalue weighted by molar-refractivity contribution is 0.575. The van der Waals surface area contributed by atoms with E-state index in [1.807, 2.05) is 0 Å². The van der Waals surface area contributed by atoms with E-state index in [0.29, 0.717) is 44.2 Å². The number of aryl methyl sites for hydroxylation is 1. The summed E-state index contributed by atoms with van der Waals surface area (Å²) in [5, 5.41) is 27.9. The highest BCUT2D eigenvalue weighted by atomic mass is 35.5. The summed E-state index contributed by atoms with van der Waals surface area (Å²) < 4.78 is 27.3. The second-order valence-corrected chi connectivity index (χ2v) is 8.43. The number of anilines is 3. The number of nitrogens with zero attached hydrogens (tertiary/aromatic N) is 5. The number of benzene rings is 2. The van der Waals surface area contributed by atoms with Crippen molar-refractivity contribution in [2.24, 2.45) is 0 Å². The van der Waals surface area contributed by atoms with Gasteiger partial charge in [-0.2, -0.15) is 25.1 Å². The lowest BCUT2D eigenvalue weighted by Gasteiger charge is -2.20. The SMILES string of the molecule is Cc1cc(Nc2c(C#N)cnc3c(N[C@@H](c4ccc(F)cc4)c4cn[nH]n4)cc(Cl)cc23)cnc1F. The third kappa shape index (κ3) is 4.52. The Kier molecular flexibility index (Phi) is 6.14. The molecule has 36 heavy (non-hydrogen) atoms. The molecule has 3 N–H and O–H groups in total. The van der Waals surface area contributed by atoms with Crippen LogP contribution in [-0.2, 0) is 0 Å². The Hall–Kier alpha value is -4.62. The summed E-state index contributed by atoms with van der Waals surface area (Å²) in [4.78, 5) is 8.25. The Bertz CT molecular complexity index is 1600. The Morgan fingerprint density at radius 3 is 2.56 bits per heavy atom. The normalized spacial score (nSPS) is 11.8. The molecule has 0 fully saturated rings. The van der Waals surface area contributed by atoms with Crippen LogP contribution in [0.3, 0.4) is 0 Å². The van der Waals surface area contributed by atoms with Gasteiger partial charge in [0.2, 0.25) is 5.95 Å². The molecule has 0 aliphatic rings. The fourth-order valence-corrected chi connectivity index (χ4v) is 4.07. The number of halogens is 3. The second kappa shape index (κ2) is 9.56. The van der Waals surface area contributed by atoms with Gasteiger partial charge >= 0.3 is 0 Å². The summed E-state index contributed by atoms with van der Waals surface area (Å²) in [6.45, 7) is 1.60. The number of hydrogen-bond donors (Lipinski definition) is 3. The number of aromatic nitrogens is 5. The first-order valence-corrected chi connectivity index (χ1v) is 11.1. The zero-order valence-electron chi connectivity index (χ0n) is 18.7. The van der Waals surface area contributed by atoms with Crippen molar-refractivity contribution >= 4 is 39.6 Å². The lowest BCUT2D eigenvalue weighted by atomic mass is 10.0. The van der Waals surface area contributed by atoms with Crippen molar-refractivity contribution in [3.8, 4) is 6.07 Å². The summed E-state index contributed by atoms with van der Waals surface area (Å²) in [6, 6.07) is 12.6. The Labute approximate surface area is 209 Å². The minimum Gasteiger partial charge on any atom is -0.371 e. The van der Waals surface area contributed by atoms with Gasteiger partial charge in [0.05, 0.1) is 46.6 Å². The number of nitrogens with one attached hydrogen (secondary N) is 3. The predicted octanol–water partition coefficient (Wildman–Crippen LogP) is 5.80. The van der Waals surface area contributed by atoms with Crippen LogP contribution in [-0.4, -0.2) is 25.4 Å². The maximum atomic E-state index is 13.7. The molecule has 0 aliphatic carbocycles. The number of pyridine rings is 2. The molecule has 0 bridgehead atoms.